The van der Waals surface area contributed by atoms with Crippen LogP contribution in [-0.2, 0) is 0 Å². The minimum absolute atomic E-state index is 0.273. The van der Waals surface area contributed by atoms with Gasteiger partial charge in [0.1, 0.15) is 23.0 Å². The van der Waals surface area contributed by atoms with Gasteiger partial charge < -0.3 is 24.7 Å². The van der Waals surface area contributed by atoms with Crippen molar-refractivity contribution in [3.63, 3.8) is 0 Å². The zero-order chi connectivity index (χ0) is 21.4. The van der Waals surface area contributed by atoms with Gasteiger partial charge in [-0.25, -0.2) is 9.37 Å². The fourth-order valence-corrected chi connectivity index (χ4v) is 3.64. The number of aromatic nitrogens is 2. The van der Waals surface area contributed by atoms with Crippen molar-refractivity contribution in [3.8, 4) is 17.2 Å². The number of nitrogens with one attached hydrogen (secondary N) is 2. The highest BCUT2D eigenvalue weighted by atomic mass is 19.1. The number of imidazole rings is 1. The summed E-state index contributed by atoms with van der Waals surface area (Å²) in [7, 11) is 1.65. The third kappa shape index (κ3) is 3.66. The van der Waals surface area contributed by atoms with Gasteiger partial charge in [0.2, 0.25) is 0 Å². The minimum Gasteiger partial charge on any atom is -0.494 e. The summed E-state index contributed by atoms with van der Waals surface area (Å²) >= 11 is 0. The Morgan fingerprint density at radius 3 is 2.71 bits per heavy atom. The van der Waals surface area contributed by atoms with Gasteiger partial charge >= 0.3 is 0 Å². The standard InChI is InChI=1S/C24H21FN4O2/c1-15-13-29(14-26-15)20-11-10-18(12-22(20)30-2)27-19-4-3-5-21-23(19)28-24(31-21)16-6-8-17(25)9-7-16/h3-14,24,27-28H,1-2H3. The third-order valence-electron chi connectivity index (χ3n) is 5.17. The number of hydrogen-bond acceptors (Lipinski definition) is 5. The smallest absolute Gasteiger partial charge is 0.196 e. The van der Waals surface area contributed by atoms with E-state index in [1.165, 1.54) is 12.1 Å². The second kappa shape index (κ2) is 7.68. The van der Waals surface area contributed by atoms with Gasteiger partial charge in [-0.2, -0.15) is 0 Å². The molecule has 0 fully saturated rings. The normalized spacial score (nSPS) is 14.5. The van der Waals surface area contributed by atoms with E-state index in [0.29, 0.717) is 0 Å². The van der Waals surface area contributed by atoms with Gasteiger partial charge in [-0.1, -0.05) is 18.2 Å². The lowest BCUT2D eigenvalue weighted by Crippen LogP contribution is -2.10. The van der Waals surface area contributed by atoms with Crippen LogP contribution in [-0.4, -0.2) is 16.7 Å². The number of benzene rings is 3. The molecule has 1 aliphatic rings. The Bertz CT molecular complexity index is 1240. The van der Waals surface area contributed by atoms with Crippen LogP contribution in [0.1, 0.15) is 17.5 Å². The molecule has 2 heterocycles. The molecule has 0 bridgehead atoms. The summed E-state index contributed by atoms with van der Waals surface area (Å²) in [4.78, 5) is 4.28. The summed E-state index contributed by atoms with van der Waals surface area (Å²) in [6.07, 6.45) is 3.34. The van der Waals surface area contributed by atoms with Crippen molar-refractivity contribution >= 4 is 17.1 Å². The molecule has 31 heavy (non-hydrogen) atoms. The topological polar surface area (TPSA) is 60.3 Å². The van der Waals surface area contributed by atoms with E-state index in [4.69, 9.17) is 9.47 Å². The van der Waals surface area contributed by atoms with E-state index in [1.807, 2.05) is 54.1 Å². The van der Waals surface area contributed by atoms with Gasteiger partial charge in [-0.05, 0) is 43.3 Å². The molecule has 6 nitrogen and oxygen atoms in total. The number of para-hydroxylation sites is 1. The van der Waals surface area contributed by atoms with E-state index in [0.717, 1.165) is 45.5 Å². The number of ether oxygens (including phenoxy) is 2. The zero-order valence-electron chi connectivity index (χ0n) is 17.1. The largest absolute Gasteiger partial charge is 0.494 e. The van der Waals surface area contributed by atoms with Crippen molar-refractivity contribution in [2.24, 2.45) is 0 Å². The maximum absolute atomic E-state index is 13.3. The van der Waals surface area contributed by atoms with Crippen LogP contribution >= 0.6 is 0 Å². The van der Waals surface area contributed by atoms with Crippen LogP contribution < -0.4 is 20.1 Å². The molecule has 156 valence electrons. The first kappa shape index (κ1) is 19.0. The van der Waals surface area contributed by atoms with E-state index in [1.54, 1.807) is 25.6 Å². The fourth-order valence-electron chi connectivity index (χ4n) is 3.64. The maximum atomic E-state index is 13.3. The van der Waals surface area contributed by atoms with Gasteiger partial charge in [0.05, 0.1) is 30.5 Å². The molecule has 0 spiro atoms. The number of anilines is 3. The van der Waals surface area contributed by atoms with Gasteiger partial charge in [-0.3, -0.25) is 0 Å². The fraction of sp³-hybridized carbons (Fsp3) is 0.125. The van der Waals surface area contributed by atoms with E-state index >= 15 is 0 Å². The first-order chi connectivity index (χ1) is 15.1. The highest BCUT2D eigenvalue weighted by molar-refractivity contribution is 5.82. The monoisotopic (exact) mass is 416 g/mol. The van der Waals surface area contributed by atoms with Gasteiger partial charge in [-0.15, -0.1) is 0 Å². The Morgan fingerprint density at radius 1 is 1.13 bits per heavy atom. The van der Waals surface area contributed by atoms with Crippen molar-refractivity contribution < 1.29 is 13.9 Å². The number of halogens is 1. The number of nitrogens with zero attached hydrogens (tertiary/aromatic N) is 2. The average molecular weight is 416 g/mol. The maximum Gasteiger partial charge on any atom is 0.196 e. The van der Waals surface area contributed by atoms with Crippen LogP contribution in [0.3, 0.4) is 0 Å². The predicted molar refractivity (Wildman–Crippen MR) is 118 cm³/mol. The highest BCUT2D eigenvalue weighted by Gasteiger charge is 2.25. The molecule has 0 aliphatic carbocycles. The van der Waals surface area contributed by atoms with E-state index in [9.17, 15) is 4.39 Å². The van der Waals surface area contributed by atoms with Crippen molar-refractivity contribution in [2.75, 3.05) is 17.7 Å². The molecule has 1 aromatic heterocycles. The number of rotatable bonds is 5. The molecule has 0 saturated heterocycles. The Balaban J connectivity index is 1.41. The van der Waals surface area contributed by atoms with Crippen LogP contribution in [0.15, 0.2) is 73.2 Å². The quantitative estimate of drug-likeness (QED) is 0.445. The Kier molecular flexibility index (Phi) is 4.71. The predicted octanol–water partition coefficient (Wildman–Crippen LogP) is 5.58. The van der Waals surface area contributed by atoms with E-state index < -0.39 is 0 Å². The third-order valence-corrected chi connectivity index (χ3v) is 5.17. The van der Waals surface area contributed by atoms with E-state index in [-0.39, 0.29) is 12.0 Å². The van der Waals surface area contributed by atoms with Gasteiger partial charge in [0.15, 0.2) is 6.23 Å². The molecule has 4 aromatic rings. The number of methoxy groups -OCH3 is 1. The molecule has 1 unspecified atom stereocenters. The molecule has 0 radical (unpaired) electrons. The molecule has 3 aromatic carbocycles. The molecule has 0 saturated carbocycles. The summed E-state index contributed by atoms with van der Waals surface area (Å²) in [6, 6.07) is 18.0. The Labute approximate surface area is 179 Å². The summed E-state index contributed by atoms with van der Waals surface area (Å²) in [5.41, 5.74) is 5.29. The van der Waals surface area contributed by atoms with Crippen LogP contribution in [0, 0.1) is 12.7 Å². The van der Waals surface area contributed by atoms with Crippen LogP contribution in [0.4, 0.5) is 21.5 Å². The lowest BCUT2D eigenvalue weighted by Gasteiger charge is -2.14. The van der Waals surface area contributed by atoms with Gasteiger partial charge in [0.25, 0.3) is 0 Å². The number of hydrogen-bond donors (Lipinski definition) is 2. The van der Waals surface area contributed by atoms with Crippen LogP contribution in [0.2, 0.25) is 0 Å². The number of fused-ring (bicyclic) bond motifs is 1. The zero-order valence-corrected chi connectivity index (χ0v) is 17.1. The molecule has 2 N–H and O–H groups in total. The molecule has 1 atom stereocenters. The summed E-state index contributed by atoms with van der Waals surface area (Å²) in [6.45, 7) is 1.95. The summed E-state index contributed by atoms with van der Waals surface area (Å²) < 4.78 is 26.8. The summed E-state index contributed by atoms with van der Waals surface area (Å²) in [5, 5.41) is 6.81. The van der Waals surface area contributed by atoms with Crippen molar-refractivity contribution in [2.45, 2.75) is 13.2 Å². The second-order valence-corrected chi connectivity index (χ2v) is 7.31. The molecular formula is C24H21FN4O2. The number of aryl methyl sites for hydroxylation is 1. The van der Waals surface area contributed by atoms with Crippen LogP contribution in [0.25, 0.3) is 5.69 Å². The van der Waals surface area contributed by atoms with Crippen molar-refractivity contribution in [1.29, 1.82) is 0 Å². The Morgan fingerprint density at radius 2 is 1.97 bits per heavy atom. The Hall–Kier alpha value is -4.00. The van der Waals surface area contributed by atoms with Crippen molar-refractivity contribution in [1.82, 2.24) is 9.55 Å². The first-order valence-electron chi connectivity index (χ1n) is 9.88. The highest BCUT2D eigenvalue weighted by Crippen LogP contribution is 2.44. The van der Waals surface area contributed by atoms with Crippen molar-refractivity contribution in [3.05, 3.63) is 90.3 Å². The molecule has 7 heteroatoms. The lowest BCUT2D eigenvalue weighted by atomic mass is 10.2. The van der Waals surface area contributed by atoms with E-state index in [2.05, 4.69) is 15.6 Å². The second-order valence-electron chi connectivity index (χ2n) is 7.31. The SMILES string of the molecule is COc1cc(Nc2cccc3c2NC(c2ccc(F)cc2)O3)ccc1-n1cnc(C)c1. The summed E-state index contributed by atoms with van der Waals surface area (Å²) in [5.74, 6) is 1.19. The van der Waals surface area contributed by atoms with Crippen LogP contribution in [0.5, 0.6) is 11.5 Å². The molecule has 5 rings (SSSR count). The molecule has 0 amide bonds. The molecular weight excluding hydrogens is 395 g/mol. The minimum atomic E-state index is -0.375. The first-order valence-corrected chi connectivity index (χ1v) is 9.88. The average Bonchev–Trinajstić information content (AvgIpc) is 3.41. The molecule has 1 aliphatic heterocycles. The van der Waals surface area contributed by atoms with Gasteiger partial charge in [0, 0.05) is 23.5 Å². The lowest BCUT2D eigenvalue weighted by molar-refractivity contribution is 0.259.